The summed E-state index contributed by atoms with van der Waals surface area (Å²) in [7, 11) is 0. The van der Waals surface area contributed by atoms with Crippen molar-refractivity contribution in [1.82, 2.24) is 4.57 Å². The zero-order valence-corrected chi connectivity index (χ0v) is 22.2. The maximum atomic E-state index is 13.8. The number of carbonyl (C=O) groups is 1. The molecule has 0 radical (unpaired) electrons. The Morgan fingerprint density at radius 3 is 2.57 bits per heavy atom. The first-order valence-electron chi connectivity index (χ1n) is 12.1. The van der Waals surface area contributed by atoms with E-state index in [1.807, 2.05) is 55.5 Å². The third-order valence-corrected chi connectivity index (χ3v) is 6.64. The van der Waals surface area contributed by atoms with Crippen LogP contribution in [0, 0.1) is 0 Å². The molecule has 8 heteroatoms. The van der Waals surface area contributed by atoms with Crippen molar-refractivity contribution in [2.24, 2.45) is 4.99 Å². The summed E-state index contributed by atoms with van der Waals surface area (Å²) in [5.41, 5.74) is 2.14. The number of ether oxygens (including phenoxy) is 3. The molecule has 0 aliphatic carbocycles. The topological polar surface area (TPSA) is 79.1 Å². The van der Waals surface area contributed by atoms with Crippen LogP contribution < -0.4 is 24.4 Å². The number of benzene rings is 2. The molecule has 2 heterocycles. The lowest BCUT2D eigenvalue weighted by Crippen LogP contribution is -2.40. The Morgan fingerprint density at radius 1 is 1.16 bits per heavy atom. The molecule has 192 valence electrons. The Kier molecular flexibility index (Phi) is 8.08. The Hall–Kier alpha value is -3.91. The Balaban J connectivity index is 1.90. The highest BCUT2D eigenvalue weighted by atomic mass is 32.1. The Morgan fingerprint density at radius 2 is 1.89 bits per heavy atom. The molecule has 0 N–H and O–H groups in total. The standard InChI is InChI=1S/C29H30N2O5S/c1-6-16-35-23-11-9-8-10-21(23)17-24-27(32)31-26(20-12-14-22(15-13-20)34-7-2)25(28(33)36-18(3)4)19(5)30-29(31)37-24/h6,8-15,17-18,26H,1,7,16H2,2-5H3/b24-17+/t26-/m0/s1. The first-order valence-corrected chi connectivity index (χ1v) is 12.9. The molecule has 1 atom stereocenters. The van der Waals surface area contributed by atoms with Gasteiger partial charge in [0.15, 0.2) is 4.80 Å². The van der Waals surface area contributed by atoms with Gasteiger partial charge >= 0.3 is 5.97 Å². The zero-order valence-electron chi connectivity index (χ0n) is 21.4. The van der Waals surface area contributed by atoms with Crippen LogP contribution in [-0.2, 0) is 9.53 Å². The van der Waals surface area contributed by atoms with Gasteiger partial charge in [-0.25, -0.2) is 9.79 Å². The molecule has 0 amide bonds. The van der Waals surface area contributed by atoms with Crippen molar-refractivity contribution in [3.63, 3.8) is 0 Å². The highest BCUT2D eigenvalue weighted by molar-refractivity contribution is 7.07. The lowest BCUT2D eigenvalue weighted by molar-refractivity contribution is -0.143. The third-order valence-electron chi connectivity index (χ3n) is 5.65. The number of rotatable bonds is 9. The fourth-order valence-corrected chi connectivity index (χ4v) is 5.15. The summed E-state index contributed by atoms with van der Waals surface area (Å²) in [5.74, 6) is 0.864. The molecule has 7 nitrogen and oxygen atoms in total. The van der Waals surface area contributed by atoms with Crippen LogP contribution in [0.2, 0.25) is 0 Å². The number of esters is 1. The lowest BCUT2D eigenvalue weighted by Gasteiger charge is -2.25. The van der Waals surface area contributed by atoms with Crippen LogP contribution in [0.3, 0.4) is 0 Å². The van der Waals surface area contributed by atoms with Crippen molar-refractivity contribution in [3.05, 3.63) is 103 Å². The maximum Gasteiger partial charge on any atom is 0.338 e. The number of para-hydroxylation sites is 1. The number of fused-ring (bicyclic) bond motifs is 1. The minimum absolute atomic E-state index is 0.247. The quantitative estimate of drug-likeness (QED) is 0.314. The first-order chi connectivity index (χ1) is 17.8. The second-order valence-electron chi connectivity index (χ2n) is 8.68. The van der Waals surface area contributed by atoms with E-state index in [4.69, 9.17) is 14.2 Å². The average molecular weight is 519 g/mol. The first kappa shape index (κ1) is 26.2. The number of nitrogens with zero attached hydrogens (tertiary/aromatic N) is 2. The van der Waals surface area contributed by atoms with Gasteiger partial charge in [0.1, 0.15) is 18.1 Å². The highest BCUT2D eigenvalue weighted by Gasteiger charge is 2.33. The highest BCUT2D eigenvalue weighted by Crippen LogP contribution is 2.32. The molecule has 1 aliphatic heterocycles. The van der Waals surface area contributed by atoms with Gasteiger partial charge in [-0.1, -0.05) is 54.3 Å². The number of thiazole rings is 1. The summed E-state index contributed by atoms with van der Waals surface area (Å²) >= 11 is 1.27. The molecule has 2 aromatic carbocycles. The van der Waals surface area contributed by atoms with E-state index in [0.717, 1.165) is 11.1 Å². The van der Waals surface area contributed by atoms with Gasteiger partial charge in [-0.15, -0.1) is 0 Å². The summed E-state index contributed by atoms with van der Waals surface area (Å²) in [5, 5.41) is 0. The number of carbonyl (C=O) groups excluding carboxylic acids is 1. The minimum atomic E-state index is -0.687. The number of hydrogen-bond donors (Lipinski definition) is 0. The maximum absolute atomic E-state index is 13.8. The number of aromatic nitrogens is 1. The van der Waals surface area contributed by atoms with Gasteiger partial charge in [-0.3, -0.25) is 9.36 Å². The second kappa shape index (κ2) is 11.4. The van der Waals surface area contributed by atoms with E-state index >= 15 is 0 Å². The fraction of sp³-hybridized carbons (Fsp3) is 0.276. The molecule has 0 fully saturated rings. The van der Waals surface area contributed by atoms with E-state index in [-0.39, 0.29) is 11.7 Å². The zero-order chi connectivity index (χ0) is 26.5. The van der Waals surface area contributed by atoms with Gasteiger partial charge in [0, 0.05) is 5.56 Å². The summed E-state index contributed by atoms with van der Waals surface area (Å²) in [6.45, 7) is 11.9. The number of hydrogen-bond acceptors (Lipinski definition) is 7. The van der Waals surface area contributed by atoms with Crippen molar-refractivity contribution in [2.45, 2.75) is 39.8 Å². The fourth-order valence-electron chi connectivity index (χ4n) is 4.11. The van der Waals surface area contributed by atoms with Crippen LogP contribution in [0.5, 0.6) is 11.5 Å². The van der Waals surface area contributed by atoms with Crippen LogP contribution in [0.25, 0.3) is 6.08 Å². The summed E-state index contributed by atoms with van der Waals surface area (Å²) in [4.78, 5) is 32.2. The van der Waals surface area contributed by atoms with E-state index in [1.165, 1.54) is 11.3 Å². The van der Waals surface area contributed by atoms with E-state index < -0.39 is 12.0 Å². The molecule has 0 saturated heterocycles. The molecule has 0 bridgehead atoms. The van der Waals surface area contributed by atoms with Crippen LogP contribution in [0.15, 0.2) is 82.2 Å². The van der Waals surface area contributed by atoms with Gasteiger partial charge in [0.05, 0.1) is 34.6 Å². The molecule has 0 spiro atoms. The molecular formula is C29H30N2O5S. The summed E-state index contributed by atoms with van der Waals surface area (Å²) in [6, 6.07) is 14.2. The predicted molar refractivity (Wildman–Crippen MR) is 145 cm³/mol. The molecule has 4 rings (SSSR count). The monoisotopic (exact) mass is 518 g/mol. The summed E-state index contributed by atoms with van der Waals surface area (Å²) < 4.78 is 19.0. The molecule has 1 aliphatic rings. The van der Waals surface area contributed by atoms with Crippen molar-refractivity contribution in [3.8, 4) is 11.5 Å². The molecule has 0 unspecified atom stereocenters. The SMILES string of the molecule is C=CCOc1ccccc1/C=c1/sc2n(c1=O)[C@@H](c1ccc(OCC)cc1)C(C(=O)OC(C)C)=C(C)N=2. The smallest absolute Gasteiger partial charge is 0.338 e. The Bertz CT molecular complexity index is 1510. The minimum Gasteiger partial charge on any atom is -0.494 e. The van der Waals surface area contributed by atoms with E-state index in [2.05, 4.69) is 11.6 Å². The third kappa shape index (κ3) is 5.59. The van der Waals surface area contributed by atoms with Gasteiger partial charge < -0.3 is 14.2 Å². The van der Waals surface area contributed by atoms with Crippen molar-refractivity contribution < 1.29 is 19.0 Å². The predicted octanol–water partition coefficient (Wildman–Crippen LogP) is 4.15. The molecule has 3 aromatic rings. The van der Waals surface area contributed by atoms with E-state index in [1.54, 1.807) is 37.5 Å². The number of allylic oxidation sites excluding steroid dienone is 1. The molecule has 37 heavy (non-hydrogen) atoms. The van der Waals surface area contributed by atoms with Crippen molar-refractivity contribution in [1.29, 1.82) is 0 Å². The van der Waals surface area contributed by atoms with Gasteiger partial charge in [0.25, 0.3) is 5.56 Å². The summed E-state index contributed by atoms with van der Waals surface area (Å²) in [6.07, 6.45) is 3.15. The van der Waals surface area contributed by atoms with Gasteiger partial charge in [-0.05, 0) is 57.5 Å². The van der Waals surface area contributed by atoms with E-state index in [0.29, 0.717) is 45.3 Å². The Labute approximate surface area is 219 Å². The van der Waals surface area contributed by atoms with Crippen molar-refractivity contribution >= 4 is 23.4 Å². The van der Waals surface area contributed by atoms with Crippen LogP contribution in [0.1, 0.15) is 44.9 Å². The normalized spacial score (nSPS) is 15.3. The largest absolute Gasteiger partial charge is 0.494 e. The van der Waals surface area contributed by atoms with Crippen LogP contribution in [-0.4, -0.2) is 29.9 Å². The average Bonchev–Trinajstić information content (AvgIpc) is 3.17. The van der Waals surface area contributed by atoms with Gasteiger partial charge in [0.2, 0.25) is 0 Å². The molecular weight excluding hydrogens is 488 g/mol. The molecule has 1 aromatic heterocycles. The van der Waals surface area contributed by atoms with E-state index in [9.17, 15) is 9.59 Å². The second-order valence-corrected chi connectivity index (χ2v) is 9.68. The van der Waals surface area contributed by atoms with Gasteiger partial charge in [-0.2, -0.15) is 0 Å². The lowest BCUT2D eigenvalue weighted by atomic mass is 9.96. The molecule has 0 saturated carbocycles. The van der Waals surface area contributed by atoms with Crippen LogP contribution >= 0.6 is 11.3 Å². The van der Waals surface area contributed by atoms with Crippen molar-refractivity contribution in [2.75, 3.05) is 13.2 Å². The van der Waals surface area contributed by atoms with Crippen LogP contribution in [0.4, 0.5) is 0 Å².